The number of carbonyl (C=O) groups is 2. The third-order valence-corrected chi connectivity index (χ3v) is 5.61. The van der Waals surface area contributed by atoms with Gasteiger partial charge in [-0.25, -0.2) is 0 Å². The van der Waals surface area contributed by atoms with Crippen LogP contribution >= 0.6 is 23.4 Å². The van der Waals surface area contributed by atoms with Crippen LogP contribution in [-0.4, -0.2) is 34.3 Å². The summed E-state index contributed by atoms with van der Waals surface area (Å²) in [5.74, 6) is 0.274. The molecule has 0 aliphatic carbocycles. The molecule has 4 rings (SSSR count). The average Bonchev–Trinajstić information content (AvgIpc) is 2.98. The third kappa shape index (κ3) is 4.09. The fourth-order valence-electron chi connectivity index (χ4n) is 3.04. The van der Waals surface area contributed by atoms with Gasteiger partial charge in [-0.1, -0.05) is 48.0 Å². The van der Waals surface area contributed by atoms with Crippen LogP contribution in [0.5, 0.6) is 11.5 Å². The van der Waals surface area contributed by atoms with Gasteiger partial charge in [-0.2, -0.15) is 0 Å². The summed E-state index contributed by atoms with van der Waals surface area (Å²) in [6.45, 7) is 0.314. The summed E-state index contributed by atoms with van der Waals surface area (Å²) in [5, 5.41) is 12.0. The minimum absolute atomic E-state index is 0.0134. The van der Waals surface area contributed by atoms with Crippen LogP contribution in [0.4, 0.5) is 4.79 Å². The number of benzene rings is 3. The predicted octanol–water partition coefficient (Wildman–Crippen LogP) is 5.31. The molecule has 0 bridgehead atoms. The van der Waals surface area contributed by atoms with Crippen LogP contribution in [0.25, 0.3) is 16.8 Å². The maximum absolute atomic E-state index is 12.6. The van der Waals surface area contributed by atoms with Crippen molar-refractivity contribution in [2.75, 3.05) is 13.2 Å². The Labute approximate surface area is 176 Å². The molecule has 29 heavy (non-hydrogen) atoms. The van der Waals surface area contributed by atoms with Crippen molar-refractivity contribution in [2.24, 2.45) is 0 Å². The lowest BCUT2D eigenvalue weighted by Gasteiger charge is -2.14. The molecule has 146 valence electrons. The van der Waals surface area contributed by atoms with E-state index in [1.165, 1.54) is 18.2 Å². The topological polar surface area (TPSA) is 66.8 Å². The molecule has 0 atom stereocenters. The molecule has 3 aromatic rings. The lowest BCUT2D eigenvalue weighted by molar-refractivity contribution is -0.123. The smallest absolute Gasteiger partial charge is 0.293 e. The molecule has 1 heterocycles. The standard InChI is InChI=1S/C22H16ClNO4S/c23-16-8-9-18(25)15(12-16)13-20-21(26)24(22(27)29-20)10-11-28-19-7-3-5-14-4-1-2-6-17(14)19/h1-9,12-13,25H,10-11H2/b20-13-. The number of aromatic hydroxyl groups is 1. The number of amides is 2. The molecule has 1 saturated heterocycles. The van der Waals surface area contributed by atoms with E-state index in [4.69, 9.17) is 16.3 Å². The average molecular weight is 426 g/mol. The number of hydrogen-bond acceptors (Lipinski definition) is 5. The first-order chi connectivity index (χ1) is 14.0. The van der Waals surface area contributed by atoms with Gasteiger partial charge in [0.15, 0.2) is 0 Å². The molecule has 0 radical (unpaired) electrons. The zero-order chi connectivity index (χ0) is 20.4. The fourth-order valence-corrected chi connectivity index (χ4v) is 4.08. The van der Waals surface area contributed by atoms with Gasteiger partial charge in [0.1, 0.15) is 18.1 Å². The Bertz CT molecular complexity index is 1140. The van der Waals surface area contributed by atoms with E-state index in [1.54, 1.807) is 6.07 Å². The highest BCUT2D eigenvalue weighted by molar-refractivity contribution is 8.18. The molecular formula is C22H16ClNO4S. The summed E-state index contributed by atoms with van der Waals surface area (Å²) >= 11 is 6.77. The summed E-state index contributed by atoms with van der Waals surface area (Å²) in [4.78, 5) is 26.3. The highest BCUT2D eigenvalue weighted by atomic mass is 35.5. The molecular weight excluding hydrogens is 410 g/mol. The number of carbonyl (C=O) groups excluding carboxylic acids is 2. The minimum atomic E-state index is -0.416. The molecule has 1 fully saturated rings. The Hall–Kier alpha value is -2.96. The summed E-state index contributed by atoms with van der Waals surface area (Å²) in [7, 11) is 0. The van der Waals surface area contributed by atoms with Crippen LogP contribution in [0.3, 0.4) is 0 Å². The van der Waals surface area contributed by atoms with Crippen molar-refractivity contribution in [1.82, 2.24) is 4.90 Å². The zero-order valence-electron chi connectivity index (χ0n) is 15.2. The first kappa shape index (κ1) is 19.4. The van der Waals surface area contributed by atoms with Crippen molar-refractivity contribution in [3.05, 3.63) is 76.2 Å². The van der Waals surface area contributed by atoms with Gasteiger partial charge >= 0.3 is 0 Å². The maximum Gasteiger partial charge on any atom is 0.293 e. The molecule has 1 aliphatic heterocycles. The number of fused-ring (bicyclic) bond motifs is 1. The van der Waals surface area contributed by atoms with Gasteiger partial charge in [0, 0.05) is 16.0 Å². The Morgan fingerprint density at radius 3 is 2.72 bits per heavy atom. The fraction of sp³-hybridized carbons (Fsp3) is 0.0909. The quantitative estimate of drug-likeness (QED) is 0.561. The second kappa shape index (κ2) is 8.19. The predicted molar refractivity (Wildman–Crippen MR) is 115 cm³/mol. The van der Waals surface area contributed by atoms with E-state index < -0.39 is 5.91 Å². The van der Waals surface area contributed by atoms with Gasteiger partial charge in [0.2, 0.25) is 0 Å². The SMILES string of the molecule is O=C1S/C(=C\c2cc(Cl)ccc2O)C(=O)N1CCOc1cccc2ccccc12. The first-order valence-electron chi connectivity index (χ1n) is 8.87. The van der Waals surface area contributed by atoms with Gasteiger partial charge in [-0.3, -0.25) is 14.5 Å². The number of phenolic OH excluding ortho intramolecular Hbond substituents is 1. The molecule has 1 N–H and O–H groups in total. The van der Waals surface area contributed by atoms with Crippen LogP contribution in [0.15, 0.2) is 65.6 Å². The number of nitrogens with zero attached hydrogens (tertiary/aromatic N) is 1. The lowest BCUT2D eigenvalue weighted by Crippen LogP contribution is -2.32. The zero-order valence-corrected chi connectivity index (χ0v) is 16.7. The molecule has 0 spiro atoms. The highest BCUT2D eigenvalue weighted by Crippen LogP contribution is 2.34. The van der Waals surface area contributed by atoms with E-state index >= 15 is 0 Å². The van der Waals surface area contributed by atoms with Crippen LogP contribution < -0.4 is 4.74 Å². The van der Waals surface area contributed by atoms with E-state index in [1.807, 2.05) is 42.5 Å². The van der Waals surface area contributed by atoms with Crippen molar-refractivity contribution in [2.45, 2.75) is 0 Å². The highest BCUT2D eigenvalue weighted by Gasteiger charge is 2.35. The molecule has 5 nitrogen and oxygen atoms in total. The van der Waals surface area contributed by atoms with Crippen molar-refractivity contribution in [3.63, 3.8) is 0 Å². The van der Waals surface area contributed by atoms with Crippen molar-refractivity contribution >= 4 is 51.4 Å². The van der Waals surface area contributed by atoms with Crippen molar-refractivity contribution < 1.29 is 19.4 Å². The van der Waals surface area contributed by atoms with Crippen LogP contribution in [0.1, 0.15) is 5.56 Å². The number of thioether (sulfide) groups is 1. The Kier molecular flexibility index (Phi) is 5.47. The van der Waals surface area contributed by atoms with Gasteiger partial charge in [0.05, 0.1) is 11.4 Å². The molecule has 0 saturated carbocycles. The number of rotatable bonds is 5. The second-order valence-electron chi connectivity index (χ2n) is 6.36. The normalized spacial score (nSPS) is 15.5. The molecule has 3 aromatic carbocycles. The lowest BCUT2D eigenvalue weighted by atomic mass is 10.1. The molecule has 0 aromatic heterocycles. The van der Waals surface area contributed by atoms with E-state index in [-0.39, 0.29) is 29.0 Å². The Morgan fingerprint density at radius 2 is 1.86 bits per heavy atom. The number of halogens is 1. The van der Waals surface area contributed by atoms with E-state index in [0.29, 0.717) is 16.3 Å². The Morgan fingerprint density at radius 1 is 1.07 bits per heavy atom. The van der Waals surface area contributed by atoms with E-state index in [9.17, 15) is 14.7 Å². The largest absolute Gasteiger partial charge is 0.507 e. The number of hydrogen-bond donors (Lipinski definition) is 1. The van der Waals surface area contributed by atoms with Gasteiger partial charge < -0.3 is 9.84 Å². The van der Waals surface area contributed by atoms with E-state index in [0.717, 1.165) is 27.4 Å². The summed E-state index contributed by atoms with van der Waals surface area (Å²) < 4.78 is 5.83. The molecule has 2 amide bonds. The first-order valence-corrected chi connectivity index (χ1v) is 10.1. The number of phenols is 1. The maximum atomic E-state index is 12.6. The van der Waals surface area contributed by atoms with Crippen molar-refractivity contribution in [1.29, 1.82) is 0 Å². The van der Waals surface area contributed by atoms with Crippen LogP contribution in [-0.2, 0) is 4.79 Å². The summed E-state index contributed by atoms with van der Waals surface area (Å²) in [5.41, 5.74) is 0.384. The number of ether oxygens (including phenoxy) is 1. The van der Waals surface area contributed by atoms with Crippen molar-refractivity contribution in [3.8, 4) is 11.5 Å². The minimum Gasteiger partial charge on any atom is -0.507 e. The van der Waals surface area contributed by atoms with Gasteiger partial charge in [-0.05, 0) is 47.5 Å². The Balaban J connectivity index is 1.46. The van der Waals surface area contributed by atoms with Gasteiger partial charge in [0.25, 0.3) is 11.1 Å². The third-order valence-electron chi connectivity index (χ3n) is 4.47. The van der Waals surface area contributed by atoms with Crippen LogP contribution in [0.2, 0.25) is 5.02 Å². The van der Waals surface area contributed by atoms with Crippen LogP contribution in [0, 0.1) is 0 Å². The second-order valence-corrected chi connectivity index (χ2v) is 7.79. The summed E-state index contributed by atoms with van der Waals surface area (Å²) in [6.07, 6.45) is 1.47. The monoisotopic (exact) mass is 425 g/mol. The van der Waals surface area contributed by atoms with E-state index in [2.05, 4.69) is 0 Å². The molecule has 0 unspecified atom stereocenters. The number of imide groups is 1. The molecule has 7 heteroatoms. The van der Waals surface area contributed by atoms with Gasteiger partial charge in [-0.15, -0.1) is 0 Å². The molecule has 1 aliphatic rings. The summed E-state index contributed by atoms with van der Waals surface area (Å²) in [6, 6.07) is 18.1.